The van der Waals surface area contributed by atoms with Crippen molar-refractivity contribution in [2.24, 2.45) is 0 Å². The summed E-state index contributed by atoms with van der Waals surface area (Å²) in [6, 6.07) is 25.1. The van der Waals surface area contributed by atoms with Crippen LogP contribution in [0.5, 0.6) is 5.75 Å². The monoisotopic (exact) mass is 453 g/mol. The Morgan fingerprint density at radius 1 is 0.824 bits per heavy atom. The average Bonchev–Trinajstić information content (AvgIpc) is 3.40. The molecule has 1 aliphatic rings. The van der Waals surface area contributed by atoms with Crippen molar-refractivity contribution in [3.63, 3.8) is 0 Å². The van der Waals surface area contributed by atoms with Crippen LogP contribution in [0.3, 0.4) is 0 Å². The summed E-state index contributed by atoms with van der Waals surface area (Å²) in [5.74, 6) is 2.05. The first-order valence-electron chi connectivity index (χ1n) is 11.8. The van der Waals surface area contributed by atoms with Crippen molar-refractivity contribution in [3.05, 3.63) is 84.4 Å². The molecule has 3 aromatic carbocycles. The molecule has 1 N–H and O–H groups in total. The van der Waals surface area contributed by atoms with Crippen molar-refractivity contribution in [1.82, 2.24) is 10.2 Å². The highest BCUT2D eigenvalue weighted by Gasteiger charge is 2.15. The fourth-order valence-corrected chi connectivity index (χ4v) is 4.35. The maximum absolute atomic E-state index is 12.3. The molecule has 6 heteroatoms. The summed E-state index contributed by atoms with van der Waals surface area (Å²) < 4.78 is 11.5. The molecule has 1 aliphatic carbocycles. The fourth-order valence-electron chi connectivity index (χ4n) is 4.35. The van der Waals surface area contributed by atoms with E-state index in [1.807, 2.05) is 54.6 Å². The Hall–Kier alpha value is -3.93. The number of aromatic nitrogens is 2. The second kappa shape index (κ2) is 10.3. The molecule has 5 rings (SSSR count). The van der Waals surface area contributed by atoms with Crippen LogP contribution in [0.25, 0.3) is 22.9 Å². The number of benzene rings is 3. The van der Waals surface area contributed by atoms with Gasteiger partial charge < -0.3 is 14.5 Å². The molecule has 1 saturated carbocycles. The number of rotatable bonds is 7. The van der Waals surface area contributed by atoms with Gasteiger partial charge in [-0.25, -0.2) is 0 Å². The maximum atomic E-state index is 12.3. The quantitative estimate of drug-likeness (QED) is 0.347. The van der Waals surface area contributed by atoms with E-state index in [2.05, 4.69) is 27.6 Å². The summed E-state index contributed by atoms with van der Waals surface area (Å²) in [5.41, 5.74) is 3.69. The lowest BCUT2D eigenvalue weighted by atomic mass is 9.84. The van der Waals surface area contributed by atoms with E-state index >= 15 is 0 Å². The van der Waals surface area contributed by atoms with Crippen molar-refractivity contribution >= 4 is 11.6 Å². The molecule has 0 bridgehead atoms. The smallest absolute Gasteiger partial charge is 0.262 e. The van der Waals surface area contributed by atoms with Gasteiger partial charge in [0.2, 0.25) is 11.8 Å². The van der Waals surface area contributed by atoms with E-state index in [0.29, 0.717) is 29.1 Å². The summed E-state index contributed by atoms with van der Waals surface area (Å²) >= 11 is 0. The second-order valence-electron chi connectivity index (χ2n) is 8.60. The van der Waals surface area contributed by atoms with Gasteiger partial charge in [-0.3, -0.25) is 4.79 Å². The first kappa shape index (κ1) is 21.9. The average molecular weight is 454 g/mol. The van der Waals surface area contributed by atoms with Crippen molar-refractivity contribution in [2.45, 2.75) is 38.0 Å². The van der Waals surface area contributed by atoms with E-state index < -0.39 is 0 Å². The summed E-state index contributed by atoms with van der Waals surface area (Å²) in [6.45, 7) is -0.0470. The Kier molecular flexibility index (Phi) is 6.66. The standard InChI is InChI=1S/C28H27N3O3/c32-26(19-33-25-17-13-21(14-18-25)20-7-3-1-4-8-20)29-24-15-11-23(12-16-24)28-31-30-27(34-28)22-9-5-2-6-10-22/h2,5-6,9-18,20H,1,3-4,7-8,19H2,(H,29,32). The van der Waals surface area contributed by atoms with Crippen LogP contribution in [0.1, 0.15) is 43.6 Å². The van der Waals surface area contributed by atoms with Gasteiger partial charge in [-0.15, -0.1) is 10.2 Å². The highest BCUT2D eigenvalue weighted by molar-refractivity contribution is 5.92. The van der Waals surface area contributed by atoms with Crippen LogP contribution in [0.4, 0.5) is 5.69 Å². The molecular formula is C28H27N3O3. The number of anilines is 1. The summed E-state index contributed by atoms with van der Waals surface area (Å²) in [4.78, 5) is 12.3. The topological polar surface area (TPSA) is 77.2 Å². The molecule has 0 atom stereocenters. The number of carbonyl (C=O) groups excluding carboxylic acids is 1. The third-order valence-electron chi connectivity index (χ3n) is 6.19. The van der Waals surface area contributed by atoms with Gasteiger partial charge in [-0.1, -0.05) is 49.6 Å². The molecule has 172 valence electrons. The molecule has 1 amide bonds. The zero-order chi connectivity index (χ0) is 23.2. The largest absolute Gasteiger partial charge is 0.484 e. The highest BCUT2D eigenvalue weighted by Crippen LogP contribution is 2.33. The van der Waals surface area contributed by atoms with E-state index in [1.54, 1.807) is 12.1 Å². The molecule has 0 unspecified atom stereocenters. The molecule has 0 aliphatic heterocycles. The third-order valence-corrected chi connectivity index (χ3v) is 6.19. The molecule has 1 fully saturated rings. The number of hydrogen-bond donors (Lipinski definition) is 1. The molecule has 4 aromatic rings. The Morgan fingerprint density at radius 3 is 2.15 bits per heavy atom. The predicted octanol–water partition coefficient (Wildman–Crippen LogP) is 6.47. The zero-order valence-corrected chi connectivity index (χ0v) is 18.9. The molecular weight excluding hydrogens is 426 g/mol. The van der Waals surface area contributed by atoms with E-state index in [9.17, 15) is 4.79 Å². The van der Waals surface area contributed by atoms with Gasteiger partial charge in [0.15, 0.2) is 6.61 Å². The number of nitrogens with one attached hydrogen (secondary N) is 1. The van der Waals surface area contributed by atoms with Crippen molar-refractivity contribution in [2.75, 3.05) is 11.9 Å². The van der Waals surface area contributed by atoms with Crippen LogP contribution in [-0.4, -0.2) is 22.7 Å². The summed E-state index contributed by atoms with van der Waals surface area (Å²) in [6.07, 6.45) is 6.51. The number of carbonyl (C=O) groups is 1. The molecule has 1 aromatic heterocycles. The Bertz CT molecular complexity index is 1210. The summed E-state index contributed by atoms with van der Waals surface area (Å²) in [5, 5.41) is 11.1. The van der Waals surface area contributed by atoms with E-state index in [4.69, 9.17) is 9.15 Å². The lowest BCUT2D eigenvalue weighted by Crippen LogP contribution is -2.20. The minimum Gasteiger partial charge on any atom is -0.484 e. The van der Waals surface area contributed by atoms with Crippen LogP contribution in [0.15, 0.2) is 83.3 Å². The van der Waals surface area contributed by atoms with Crippen molar-refractivity contribution in [3.8, 4) is 28.7 Å². The second-order valence-corrected chi connectivity index (χ2v) is 8.60. The highest BCUT2D eigenvalue weighted by atomic mass is 16.5. The summed E-state index contributed by atoms with van der Waals surface area (Å²) in [7, 11) is 0. The molecule has 34 heavy (non-hydrogen) atoms. The van der Waals surface area contributed by atoms with Gasteiger partial charge in [-0.2, -0.15) is 0 Å². The van der Waals surface area contributed by atoms with Crippen LogP contribution < -0.4 is 10.1 Å². The normalized spacial score (nSPS) is 14.0. The lowest BCUT2D eigenvalue weighted by molar-refractivity contribution is -0.118. The maximum Gasteiger partial charge on any atom is 0.262 e. The van der Waals surface area contributed by atoms with Crippen LogP contribution >= 0.6 is 0 Å². The molecule has 0 radical (unpaired) electrons. The van der Waals surface area contributed by atoms with Crippen LogP contribution in [0, 0.1) is 0 Å². The van der Waals surface area contributed by atoms with Gasteiger partial charge in [0.1, 0.15) is 5.75 Å². The minimum atomic E-state index is -0.215. The zero-order valence-electron chi connectivity index (χ0n) is 18.9. The van der Waals surface area contributed by atoms with Crippen LogP contribution in [-0.2, 0) is 4.79 Å². The first-order chi connectivity index (χ1) is 16.7. The molecule has 1 heterocycles. The Balaban J connectivity index is 1.13. The van der Waals surface area contributed by atoms with E-state index in [-0.39, 0.29) is 12.5 Å². The number of nitrogens with zero attached hydrogens (tertiary/aromatic N) is 2. The van der Waals surface area contributed by atoms with Crippen LogP contribution in [0.2, 0.25) is 0 Å². The van der Waals surface area contributed by atoms with Crippen molar-refractivity contribution in [1.29, 1.82) is 0 Å². The minimum absolute atomic E-state index is 0.0470. The van der Waals surface area contributed by atoms with Gasteiger partial charge in [-0.05, 0) is 72.9 Å². The van der Waals surface area contributed by atoms with Crippen molar-refractivity contribution < 1.29 is 13.9 Å². The number of hydrogen-bond acceptors (Lipinski definition) is 5. The predicted molar refractivity (Wildman–Crippen MR) is 132 cm³/mol. The number of amides is 1. The van der Waals surface area contributed by atoms with Gasteiger partial charge >= 0.3 is 0 Å². The fraction of sp³-hybridized carbons (Fsp3) is 0.250. The van der Waals surface area contributed by atoms with E-state index in [0.717, 1.165) is 11.1 Å². The first-order valence-corrected chi connectivity index (χ1v) is 11.8. The molecule has 6 nitrogen and oxygen atoms in total. The molecule has 0 spiro atoms. The molecule has 0 saturated heterocycles. The number of ether oxygens (including phenoxy) is 1. The Morgan fingerprint density at radius 2 is 1.47 bits per heavy atom. The van der Waals surface area contributed by atoms with Gasteiger partial charge in [0.25, 0.3) is 5.91 Å². The Labute approximate surface area is 199 Å². The van der Waals surface area contributed by atoms with Gasteiger partial charge in [0, 0.05) is 16.8 Å². The third kappa shape index (κ3) is 5.34. The van der Waals surface area contributed by atoms with Gasteiger partial charge in [0.05, 0.1) is 0 Å². The van der Waals surface area contributed by atoms with E-state index in [1.165, 1.54) is 37.7 Å². The lowest BCUT2D eigenvalue weighted by Gasteiger charge is -2.22. The SMILES string of the molecule is O=C(COc1ccc(C2CCCCC2)cc1)Nc1ccc(-c2nnc(-c3ccccc3)o2)cc1.